The van der Waals surface area contributed by atoms with Gasteiger partial charge in [0.05, 0.1) is 12.2 Å². The maximum absolute atomic E-state index is 12.8. The van der Waals surface area contributed by atoms with Gasteiger partial charge in [-0.3, -0.25) is 4.79 Å². The Morgan fingerprint density at radius 3 is 2.60 bits per heavy atom. The molecule has 0 spiro atoms. The van der Waals surface area contributed by atoms with Crippen LogP contribution in [0.4, 0.5) is 4.39 Å². The standard InChI is InChI=1S/C19H17FN2O2S/c1-13-17(25-19(22-13)14-5-3-2-4-6-14)18(23)21-11-12-24-16-9-7-15(20)8-10-16/h2-10H,11-12H2,1H3,(H,21,23). The molecule has 0 saturated heterocycles. The summed E-state index contributed by atoms with van der Waals surface area (Å²) in [6.45, 7) is 2.49. The minimum Gasteiger partial charge on any atom is -0.492 e. The van der Waals surface area contributed by atoms with Gasteiger partial charge in [0.1, 0.15) is 28.1 Å². The lowest BCUT2D eigenvalue weighted by Gasteiger charge is -2.07. The summed E-state index contributed by atoms with van der Waals surface area (Å²) in [6.07, 6.45) is 0. The van der Waals surface area contributed by atoms with Gasteiger partial charge in [-0.05, 0) is 31.2 Å². The number of hydrogen-bond donors (Lipinski definition) is 1. The van der Waals surface area contributed by atoms with Crippen molar-refractivity contribution in [2.75, 3.05) is 13.2 Å². The molecule has 0 unspecified atom stereocenters. The fourth-order valence-electron chi connectivity index (χ4n) is 2.26. The number of carbonyl (C=O) groups is 1. The number of rotatable bonds is 6. The van der Waals surface area contributed by atoms with E-state index in [1.165, 1.54) is 23.5 Å². The van der Waals surface area contributed by atoms with E-state index < -0.39 is 0 Å². The van der Waals surface area contributed by atoms with Gasteiger partial charge in [-0.2, -0.15) is 0 Å². The first kappa shape index (κ1) is 17.1. The van der Waals surface area contributed by atoms with E-state index in [-0.39, 0.29) is 11.7 Å². The molecule has 1 aromatic heterocycles. The van der Waals surface area contributed by atoms with Crippen molar-refractivity contribution in [3.8, 4) is 16.3 Å². The van der Waals surface area contributed by atoms with Crippen LogP contribution in [0.3, 0.4) is 0 Å². The van der Waals surface area contributed by atoms with Crippen LogP contribution >= 0.6 is 11.3 Å². The Morgan fingerprint density at radius 2 is 1.88 bits per heavy atom. The molecule has 2 aromatic carbocycles. The summed E-state index contributed by atoms with van der Waals surface area (Å²) in [5.74, 6) is 0.0893. The molecule has 0 aliphatic carbocycles. The molecule has 3 rings (SSSR count). The monoisotopic (exact) mass is 356 g/mol. The van der Waals surface area contributed by atoms with Crippen LogP contribution in [0.15, 0.2) is 54.6 Å². The number of thiazole rings is 1. The van der Waals surface area contributed by atoms with E-state index in [9.17, 15) is 9.18 Å². The number of nitrogens with one attached hydrogen (secondary N) is 1. The molecule has 4 nitrogen and oxygen atoms in total. The Morgan fingerprint density at radius 1 is 1.16 bits per heavy atom. The van der Waals surface area contributed by atoms with Crippen molar-refractivity contribution in [1.82, 2.24) is 10.3 Å². The van der Waals surface area contributed by atoms with Gasteiger partial charge in [-0.25, -0.2) is 9.37 Å². The van der Waals surface area contributed by atoms with Crippen LogP contribution < -0.4 is 10.1 Å². The zero-order valence-electron chi connectivity index (χ0n) is 13.7. The van der Waals surface area contributed by atoms with Gasteiger partial charge in [0.25, 0.3) is 5.91 Å². The summed E-state index contributed by atoms with van der Waals surface area (Å²) in [7, 11) is 0. The Labute approximate surface area is 149 Å². The Balaban J connectivity index is 1.55. The molecule has 1 N–H and O–H groups in total. The van der Waals surface area contributed by atoms with E-state index >= 15 is 0 Å². The van der Waals surface area contributed by atoms with Crippen molar-refractivity contribution in [2.24, 2.45) is 0 Å². The first-order chi connectivity index (χ1) is 12.1. The number of amides is 1. The lowest BCUT2D eigenvalue weighted by molar-refractivity contribution is 0.0950. The molecule has 1 heterocycles. The van der Waals surface area contributed by atoms with Gasteiger partial charge in [-0.15, -0.1) is 11.3 Å². The van der Waals surface area contributed by atoms with Crippen LogP contribution in [-0.4, -0.2) is 24.0 Å². The predicted octanol–water partition coefficient (Wildman–Crippen LogP) is 4.07. The molecule has 25 heavy (non-hydrogen) atoms. The molecule has 6 heteroatoms. The molecular weight excluding hydrogens is 339 g/mol. The fourth-order valence-corrected chi connectivity index (χ4v) is 3.24. The van der Waals surface area contributed by atoms with Crippen molar-refractivity contribution in [1.29, 1.82) is 0 Å². The molecular formula is C19H17FN2O2S. The normalized spacial score (nSPS) is 10.5. The van der Waals surface area contributed by atoms with E-state index in [4.69, 9.17) is 4.74 Å². The van der Waals surface area contributed by atoms with Crippen LogP contribution in [0.2, 0.25) is 0 Å². The molecule has 0 bridgehead atoms. The third-order valence-corrected chi connectivity index (χ3v) is 4.70. The van der Waals surface area contributed by atoms with Crippen molar-refractivity contribution in [2.45, 2.75) is 6.92 Å². The molecule has 0 aliphatic rings. The molecule has 0 aliphatic heterocycles. The van der Waals surface area contributed by atoms with Gasteiger partial charge >= 0.3 is 0 Å². The maximum Gasteiger partial charge on any atom is 0.263 e. The zero-order chi connectivity index (χ0) is 17.6. The number of nitrogens with zero attached hydrogens (tertiary/aromatic N) is 1. The molecule has 0 saturated carbocycles. The quantitative estimate of drug-likeness (QED) is 0.678. The Hall–Kier alpha value is -2.73. The first-order valence-electron chi connectivity index (χ1n) is 7.83. The lowest BCUT2D eigenvalue weighted by atomic mass is 10.2. The average molecular weight is 356 g/mol. The summed E-state index contributed by atoms with van der Waals surface area (Å²) in [6, 6.07) is 15.5. The number of aryl methyl sites for hydroxylation is 1. The summed E-state index contributed by atoms with van der Waals surface area (Å²) in [5, 5.41) is 3.64. The second kappa shape index (κ2) is 7.90. The van der Waals surface area contributed by atoms with Crippen LogP contribution in [0.5, 0.6) is 5.75 Å². The summed E-state index contributed by atoms with van der Waals surface area (Å²) >= 11 is 1.37. The van der Waals surface area contributed by atoms with Gasteiger partial charge in [0.15, 0.2) is 0 Å². The highest BCUT2D eigenvalue weighted by molar-refractivity contribution is 7.17. The summed E-state index contributed by atoms with van der Waals surface area (Å²) in [4.78, 5) is 17.4. The highest BCUT2D eigenvalue weighted by atomic mass is 32.1. The molecule has 3 aromatic rings. The smallest absolute Gasteiger partial charge is 0.263 e. The number of hydrogen-bond acceptors (Lipinski definition) is 4. The number of ether oxygens (including phenoxy) is 1. The van der Waals surface area contributed by atoms with Crippen molar-refractivity contribution in [3.05, 3.63) is 71.0 Å². The minimum absolute atomic E-state index is 0.167. The van der Waals surface area contributed by atoms with Gasteiger partial charge in [0.2, 0.25) is 0 Å². The fraction of sp³-hybridized carbons (Fsp3) is 0.158. The van der Waals surface area contributed by atoms with E-state index in [0.29, 0.717) is 29.5 Å². The second-order valence-electron chi connectivity index (χ2n) is 5.36. The van der Waals surface area contributed by atoms with Crippen molar-refractivity contribution in [3.63, 3.8) is 0 Å². The largest absolute Gasteiger partial charge is 0.492 e. The third-order valence-electron chi connectivity index (χ3n) is 3.49. The van der Waals surface area contributed by atoms with E-state index in [0.717, 1.165) is 10.6 Å². The molecule has 0 atom stereocenters. The number of aromatic nitrogens is 1. The van der Waals surface area contributed by atoms with E-state index in [2.05, 4.69) is 10.3 Å². The topological polar surface area (TPSA) is 51.2 Å². The SMILES string of the molecule is Cc1nc(-c2ccccc2)sc1C(=O)NCCOc1ccc(F)cc1. The van der Waals surface area contributed by atoms with Crippen LogP contribution in [-0.2, 0) is 0 Å². The van der Waals surface area contributed by atoms with Crippen LogP contribution in [0.25, 0.3) is 10.6 Å². The predicted molar refractivity (Wildman–Crippen MR) is 96.5 cm³/mol. The van der Waals surface area contributed by atoms with Gasteiger partial charge in [0, 0.05) is 5.56 Å². The molecule has 1 amide bonds. The summed E-state index contributed by atoms with van der Waals surface area (Å²) < 4.78 is 18.3. The number of carbonyl (C=O) groups excluding carboxylic acids is 1. The molecule has 0 radical (unpaired) electrons. The maximum atomic E-state index is 12.8. The second-order valence-corrected chi connectivity index (χ2v) is 6.36. The molecule has 128 valence electrons. The van der Waals surface area contributed by atoms with Gasteiger partial charge in [-0.1, -0.05) is 30.3 Å². The molecule has 0 fully saturated rings. The van der Waals surface area contributed by atoms with Crippen molar-refractivity contribution >= 4 is 17.2 Å². The lowest BCUT2D eigenvalue weighted by Crippen LogP contribution is -2.27. The van der Waals surface area contributed by atoms with Gasteiger partial charge < -0.3 is 10.1 Å². The first-order valence-corrected chi connectivity index (χ1v) is 8.64. The number of benzene rings is 2. The zero-order valence-corrected chi connectivity index (χ0v) is 14.5. The van der Waals surface area contributed by atoms with Crippen LogP contribution in [0.1, 0.15) is 15.4 Å². The van der Waals surface area contributed by atoms with E-state index in [1.54, 1.807) is 12.1 Å². The number of halogens is 1. The van der Waals surface area contributed by atoms with Crippen molar-refractivity contribution < 1.29 is 13.9 Å². The highest BCUT2D eigenvalue weighted by Gasteiger charge is 2.15. The Kier molecular flexibility index (Phi) is 5.40. The Bertz CT molecular complexity index is 848. The van der Waals surface area contributed by atoms with E-state index in [1.807, 2.05) is 37.3 Å². The average Bonchev–Trinajstić information content (AvgIpc) is 3.03. The summed E-state index contributed by atoms with van der Waals surface area (Å²) in [5.41, 5.74) is 1.70. The third kappa shape index (κ3) is 4.42. The van der Waals surface area contributed by atoms with Crippen LogP contribution in [0, 0.1) is 12.7 Å². The minimum atomic E-state index is -0.310. The highest BCUT2D eigenvalue weighted by Crippen LogP contribution is 2.27.